The summed E-state index contributed by atoms with van der Waals surface area (Å²) in [6.45, 7) is 2.23. The average molecular weight is 302 g/mol. The van der Waals surface area contributed by atoms with Crippen LogP contribution < -0.4 is 5.32 Å². The normalized spacial score (nSPS) is 14.4. The van der Waals surface area contributed by atoms with Crippen molar-refractivity contribution in [3.05, 3.63) is 35.7 Å². The van der Waals surface area contributed by atoms with Gasteiger partial charge in [-0.05, 0) is 6.07 Å². The van der Waals surface area contributed by atoms with E-state index in [4.69, 9.17) is 16.0 Å². The summed E-state index contributed by atoms with van der Waals surface area (Å²) in [6, 6.07) is 5.72. The molecule has 0 aliphatic carbocycles. The summed E-state index contributed by atoms with van der Waals surface area (Å²) in [5.41, 5.74) is 1.56. The molecule has 3 heterocycles. The lowest BCUT2D eigenvalue weighted by Crippen LogP contribution is -2.24. The molecule has 0 bridgehead atoms. The molecule has 0 saturated heterocycles. The Hall–Kier alpha value is -2.34. The van der Waals surface area contributed by atoms with Crippen LogP contribution in [0, 0.1) is 0 Å². The zero-order chi connectivity index (χ0) is 14.2. The number of fused-ring (bicyclic) bond motifs is 1. The van der Waals surface area contributed by atoms with Crippen LogP contribution in [0.3, 0.4) is 0 Å². The minimum atomic E-state index is 0.488. The predicted molar refractivity (Wildman–Crippen MR) is 80.5 cm³/mol. The molecule has 21 heavy (non-hydrogen) atoms. The van der Waals surface area contributed by atoms with E-state index in [0.717, 1.165) is 29.8 Å². The van der Waals surface area contributed by atoms with Crippen molar-refractivity contribution in [2.24, 2.45) is 4.99 Å². The number of nitrogens with zero attached hydrogens (tertiary/aromatic N) is 4. The van der Waals surface area contributed by atoms with Crippen molar-refractivity contribution < 1.29 is 4.42 Å². The molecule has 3 aromatic rings. The Kier molecular flexibility index (Phi) is 2.89. The van der Waals surface area contributed by atoms with E-state index in [1.807, 2.05) is 22.9 Å². The molecule has 7 heteroatoms. The van der Waals surface area contributed by atoms with Gasteiger partial charge in [0.25, 0.3) is 0 Å². The average Bonchev–Trinajstić information content (AvgIpc) is 3.19. The van der Waals surface area contributed by atoms with E-state index in [1.54, 1.807) is 6.20 Å². The highest BCUT2D eigenvalue weighted by Gasteiger charge is 2.19. The van der Waals surface area contributed by atoms with E-state index in [0.29, 0.717) is 23.2 Å². The molecule has 106 valence electrons. The number of hydrogen-bond donors (Lipinski definition) is 1. The van der Waals surface area contributed by atoms with E-state index in [-0.39, 0.29) is 0 Å². The van der Waals surface area contributed by atoms with Crippen LogP contribution in [0.25, 0.3) is 22.5 Å². The fourth-order valence-electron chi connectivity index (χ4n) is 2.50. The maximum Gasteiger partial charge on any atom is 0.247 e. The van der Waals surface area contributed by atoms with Crippen LogP contribution in [0.2, 0.25) is 5.02 Å². The smallest absolute Gasteiger partial charge is 0.247 e. The van der Waals surface area contributed by atoms with Crippen molar-refractivity contribution in [2.75, 3.05) is 13.1 Å². The van der Waals surface area contributed by atoms with Crippen LogP contribution in [-0.4, -0.2) is 33.7 Å². The van der Waals surface area contributed by atoms with E-state index in [1.165, 1.54) is 6.26 Å². The quantitative estimate of drug-likeness (QED) is 0.806. The molecule has 4 rings (SSSR count). The van der Waals surface area contributed by atoms with Gasteiger partial charge >= 0.3 is 0 Å². The second kappa shape index (κ2) is 4.89. The van der Waals surface area contributed by atoms with Crippen LogP contribution in [0.4, 0.5) is 0 Å². The summed E-state index contributed by atoms with van der Waals surface area (Å²) in [5, 5.41) is 9.42. The number of aliphatic imine (C=N–C) groups is 1. The molecule has 6 nitrogen and oxygen atoms in total. The number of para-hydroxylation sites is 1. The maximum absolute atomic E-state index is 6.35. The highest BCUT2D eigenvalue weighted by atomic mass is 35.5. The summed E-state index contributed by atoms with van der Waals surface area (Å²) in [5.74, 6) is 1.40. The standard InChI is InChI=1S/C14H12ClN5O/c15-10-3-1-2-9-12(14-18-6-7-21-14)19-20(13(9)10)8-11-16-4-5-17-11/h1-3,6-7H,4-5,8H2,(H,16,17). The van der Waals surface area contributed by atoms with Crippen molar-refractivity contribution in [3.63, 3.8) is 0 Å². The molecular formula is C14H12ClN5O. The van der Waals surface area contributed by atoms with Crippen LogP contribution in [-0.2, 0) is 6.54 Å². The zero-order valence-corrected chi connectivity index (χ0v) is 11.8. The highest BCUT2D eigenvalue weighted by Crippen LogP contribution is 2.31. The first-order valence-corrected chi connectivity index (χ1v) is 7.03. The number of hydrogen-bond acceptors (Lipinski definition) is 5. The van der Waals surface area contributed by atoms with Crippen LogP contribution >= 0.6 is 11.6 Å². The van der Waals surface area contributed by atoms with Gasteiger partial charge in [-0.25, -0.2) is 4.98 Å². The maximum atomic E-state index is 6.35. The summed E-state index contributed by atoms with van der Waals surface area (Å²) in [7, 11) is 0. The molecular weight excluding hydrogens is 290 g/mol. The topological polar surface area (TPSA) is 68.2 Å². The van der Waals surface area contributed by atoms with Gasteiger partial charge in [-0.3, -0.25) is 9.67 Å². The van der Waals surface area contributed by atoms with Crippen molar-refractivity contribution in [1.82, 2.24) is 20.1 Å². The van der Waals surface area contributed by atoms with E-state index >= 15 is 0 Å². The third-order valence-electron chi connectivity index (χ3n) is 3.40. The lowest BCUT2D eigenvalue weighted by Gasteiger charge is -2.05. The molecule has 1 N–H and O–H groups in total. The number of aromatic nitrogens is 3. The molecule has 0 amide bonds. The van der Waals surface area contributed by atoms with Crippen LogP contribution in [0.5, 0.6) is 0 Å². The predicted octanol–water partition coefficient (Wildman–Crippen LogP) is 2.35. The first-order chi connectivity index (χ1) is 10.3. The van der Waals surface area contributed by atoms with Gasteiger partial charge in [0, 0.05) is 11.9 Å². The van der Waals surface area contributed by atoms with E-state index in [9.17, 15) is 0 Å². The molecule has 2 aromatic heterocycles. The molecule has 0 atom stereocenters. The van der Waals surface area contributed by atoms with Gasteiger partial charge in [0.1, 0.15) is 12.1 Å². The number of amidine groups is 1. The summed E-state index contributed by atoms with van der Waals surface area (Å²) >= 11 is 6.35. The lowest BCUT2D eigenvalue weighted by atomic mass is 10.2. The first kappa shape index (κ1) is 12.4. The Labute approximate surface area is 125 Å². The summed E-state index contributed by atoms with van der Waals surface area (Å²) in [4.78, 5) is 8.58. The number of oxazole rings is 1. The second-order valence-electron chi connectivity index (χ2n) is 4.73. The van der Waals surface area contributed by atoms with Crippen molar-refractivity contribution in [2.45, 2.75) is 6.54 Å². The number of halogens is 1. The Morgan fingerprint density at radius 3 is 3.10 bits per heavy atom. The highest BCUT2D eigenvalue weighted by molar-refractivity contribution is 6.35. The lowest BCUT2D eigenvalue weighted by molar-refractivity contribution is 0.570. The van der Waals surface area contributed by atoms with Gasteiger partial charge < -0.3 is 9.73 Å². The van der Waals surface area contributed by atoms with Crippen molar-refractivity contribution in [1.29, 1.82) is 0 Å². The molecule has 0 radical (unpaired) electrons. The zero-order valence-electron chi connectivity index (χ0n) is 11.1. The van der Waals surface area contributed by atoms with Gasteiger partial charge in [0.2, 0.25) is 5.89 Å². The van der Waals surface area contributed by atoms with Gasteiger partial charge in [-0.1, -0.05) is 23.7 Å². The van der Waals surface area contributed by atoms with Gasteiger partial charge in [-0.15, -0.1) is 0 Å². The fraction of sp³-hybridized carbons (Fsp3) is 0.214. The van der Waals surface area contributed by atoms with Gasteiger partial charge in [-0.2, -0.15) is 5.10 Å². The van der Waals surface area contributed by atoms with Crippen molar-refractivity contribution >= 4 is 28.3 Å². The molecule has 1 aliphatic rings. The molecule has 0 fully saturated rings. The fourth-order valence-corrected chi connectivity index (χ4v) is 2.77. The molecule has 0 unspecified atom stereocenters. The second-order valence-corrected chi connectivity index (χ2v) is 5.14. The first-order valence-electron chi connectivity index (χ1n) is 6.65. The van der Waals surface area contributed by atoms with E-state index in [2.05, 4.69) is 20.4 Å². The molecule has 0 spiro atoms. The third kappa shape index (κ3) is 2.08. The number of benzene rings is 1. The summed E-state index contributed by atoms with van der Waals surface area (Å²) < 4.78 is 7.22. The molecule has 1 aliphatic heterocycles. The Bertz CT molecular complexity index is 821. The monoisotopic (exact) mass is 301 g/mol. The van der Waals surface area contributed by atoms with Gasteiger partial charge in [0.05, 0.1) is 29.8 Å². The number of nitrogens with one attached hydrogen (secondary N) is 1. The Morgan fingerprint density at radius 1 is 1.38 bits per heavy atom. The summed E-state index contributed by atoms with van der Waals surface area (Å²) in [6.07, 6.45) is 3.14. The number of rotatable bonds is 3. The largest absolute Gasteiger partial charge is 0.443 e. The van der Waals surface area contributed by atoms with E-state index < -0.39 is 0 Å². The minimum Gasteiger partial charge on any atom is -0.443 e. The molecule has 1 aromatic carbocycles. The Balaban J connectivity index is 1.90. The Morgan fingerprint density at radius 2 is 2.33 bits per heavy atom. The minimum absolute atomic E-state index is 0.488. The van der Waals surface area contributed by atoms with Gasteiger partial charge in [0.15, 0.2) is 5.69 Å². The van der Waals surface area contributed by atoms with Crippen LogP contribution in [0.1, 0.15) is 0 Å². The van der Waals surface area contributed by atoms with Crippen LogP contribution in [0.15, 0.2) is 40.1 Å². The van der Waals surface area contributed by atoms with Crippen molar-refractivity contribution in [3.8, 4) is 11.6 Å². The third-order valence-corrected chi connectivity index (χ3v) is 3.70. The SMILES string of the molecule is Clc1cccc2c(-c3ncco3)nn(CC3=NCCN3)c12. The molecule has 0 saturated carbocycles.